The van der Waals surface area contributed by atoms with Crippen LogP contribution in [-0.4, -0.2) is 115 Å². The van der Waals surface area contributed by atoms with Crippen molar-refractivity contribution in [2.75, 3.05) is 27.4 Å². The molecule has 6 amide bonds. The maximum absolute atomic E-state index is 13.4. The van der Waals surface area contributed by atoms with Crippen LogP contribution >= 0.6 is 7.82 Å². The fourth-order valence-electron chi connectivity index (χ4n) is 7.14. The summed E-state index contributed by atoms with van der Waals surface area (Å²) in [5.41, 5.74) is -2.90. The first-order valence-electron chi connectivity index (χ1n) is 12.6. The van der Waals surface area contributed by atoms with Gasteiger partial charge in [0, 0.05) is 27.1 Å². The van der Waals surface area contributed by atoms with Gasteiger partial charge in [0.1, 0.15) is 30.8 Å². The van der Waals surface area contributed by atoms with E-state index in [2.05, 4.69) is 10.6 Å². The first-order chi connectivity index (χ1) is 18.4. The van der Waals surface area contributed by atoms with Crippen molar-refractivity contribution in [2.24, 2.45) is 10.8 Å². The van der Waals surface area contributed by atoms with Crippen LogP contribution in [0.3, 0.4) is 0 Å². The minimum absolute atomic E-state index is 0.0365. The molecule has 3 unspecified atom stereocenters. The van der Waals surface area contributed by atoms with Crippen molar-refractivity contribution in [3.63, 3.8) is 0 Å². The molecule has 5 heterocycles. The Hall–Kier alpha value is -2.17. The van der Waals surface area contributed by atoms with Gasteiger partial charge in [-0.15, -0.1) is 0 Å². The molecule has 17 heteroatoms. The van der Waals surface area contributed by atoms with Gasteiger partial charge in [0.05, 0.1) is 42.2 Å². The molecule has 6 rings (SSSR count). The van der Waals surface area contributed by atoms with E-state index in [-0.39, 0.29) is 26.1 Å². The number of hydrogen-bond acceptors (Lipinski definition) is 11. The summed E-state index contributed by atoms with van der Waals surface area (Å²) in [6, 6.07) is -3.50. The van der Waals surface area contributed by atoms with Crippen molar-refractivity contribution in [3.05, 3.63) is 0 Å². The molecule has 5 aliphatic heterocycles. The van der Waals surface area contributed by atoms with Gasteiger partial charge in [0.15, 0.2) is 0 Å². The maximum Gasteiger partial charge on any atom is 0.472 e. The number of hydrogen-bond donors (Lipinski definition) is 3. The monoisotopic (exact) mass is 574 g/mol. The Kier molecular flexibility index (Phi) is 6.18. The first kappa shape index (κ1) is 27.0. The maximum atomic E-state index is 13.4. The minimum Gasteiger partial charge on any atom is -0.382 e. The number of imide groups is 2. The van der Waals surface area contributed by atoms with E-state index in [1.165, 1.54) is 24.0 Å². The van der Waals surface area contributed by atoms with Crippen molar-refractivity contribution in [2.45, 2.75) is 75.6 Å². The van der Waals surface area contributed by atoms with Crippen LogP contribution < -0.4 is 10.6 Å². The van der Waals surface area contributed by atoms with E-state index in [9.17, 15) is 28.6 Å². The fourth-order valence-corrected chi connectivity index (χ4v) is 8.10. The van der Waals surface area contributed by atoms with Gasteiger partial charge in [0.2, 0.25) is 11.8 Å². The third-order valence-corrected chi connectivity index (χ3v) is 10.3. The molecular formula is C22H31N4O12P. The average Bonchev–Trinajstić information content (AvgIpc) is 3.45. The minimum atomic E-state index is -4.65. The summed E-state index contributed by atoms with van der Waals surface area (Å²) in [4.78, 5) is 66.6. The Bertz CT molecular complexity index is 1170. The molecule has 16 nitrogen and oxygen atoms in total. The molecule has 0 aromatic heterocycles. The molecular weight excluding hydrogens is 543 g/mol. The molecule has 39 heavy (non-hydrogen) atoms. The van der Waals surface area contributed by atoms with E-state index in [4.69, 9.17) is 28.0 Å². The third-order valence-electron chi connectivity index (χ3n) is 9.30. The van der Waals surface area contributed by atoms with Crippen LogP contribution in [0.25, 0.3) is 0 Å². The lowest BCUT2D eigenvalue weighted by molar-refractivity contribution is -0.242. The molecule has 1 saturated carbocycles. The highest BCUT2D eigenvalue weighted by atomic mass is 31.2. The van der Waals surface area contributed by atoms with Gasteiger partial charge in [-0.1, -0.05) is 0 Å². The molecule has 1 aliphatic carbocycles. The summed E-state index contributed by atoms with van der Waals surface area (Å²) in [5.74, 6) is -1.31. The molecule has 6 fully saturated rings. The van der Waals surface area contributed by atoms with Crippen molar-refractivity contribution >= 4 is 31.7 Å². The molecule has 6 aliphatic rings. The van der Waals surface area contributed by atoms with Gasteiger partial charge in [-0.3, -0.25) is 39.1 Å². The number of nitrogens with one attached hydrogen (secondary N) is 2. The van der Waals surface area contributed by atoms with Crippen molar-refractivity contribution in [1.29, 1.82) is 0 Å². The predicted octanol–water partition coefficient (Wildman–Crippen LogP) is -0.739. The lowest BCUT2D eigenvalue weighted by Gasteiger charge is -2.72. The second-order valence-corrected chi connectivity index (χ2v) is 12.4. The SMILES string of the molecule is COCC1O[C@@H]2C[C@@H]1OP(=O)(O)OCC1O[C@H](C[C@@H]1OC)N1C(=O)NC(=O)[C@]3(C)[C@H]1[C@@H]1N2C(=O)NC(=O)[C@@]13C. The summed E-state index contributed by atoms with van der Waals surface area (Å²) in [5, 5.41) is 4.68. The summed E-state index contributed by atoms with van der Waals surface area (Å²) >= 11 is 0. The van der Waals surface area contributed by atoms with E-state index in [1.807, 2.05) is 0 Å². The number of phosphoric ester groups is 1. The highest BCUT2D eigenvalue weighted by Gasteiger charge is 2.82. The third kappa shape index (κ3) is 3.59. The number of rotatable bonds is 3. The standard InChI is InChI=1S/C22H31N4O12P/c1-21-15-16-22(21,2)18(28)24-20(30)26(16)14-6-10(11(36-14)7-33-3)38-39(31,32)35-8-12-9(34-4)5-13(37-12)25(15)19(29)23-17(21)27/h9-16H,5-8H2,1-4H3,(H,31,32)(H,23,27,29)(H,24,28,30)/t9-,10-,11?,12?,13+,14+,15+,16-,21-,22+/m0/s1. The molecule has 0 aromatic rings. The number of ether oxygens (including phenoxy) is 4. The van der Waals surface area contributed by atoms with Gasteiger partial charge in [0.25, 0.3) is 0 Å². The number of phosphoric acid groups is 1. The zero-order valence-electron chi connectivity index (χ0n) is 21.7. The number of carbonyl (C=O) groups excluding carboxylic acids is 4. The van der Waals surface area contributed by atoms with Crippen LogP contribution in [0, 0.1) is 10.8 Å². The van der Waals surface area contributed by atoms with Gasteiger partial charge in [-0.05, 0) is 13.8 Å². The molecule has 0 radical (unpaired) electrons. The topological polar surface area (TPSA) is 192 Å². The zero-order valence-corrected chi connectivity index (χ0v) is 22.6. The average molecular weight is 574 g/mol. The summed E-state index contributed by atoms with van der Waals surface area (Å²) in [7, 11) is -1.81. The van der Waals surface area contributed by atoms with E-state index < -0.39 is 91.5 Å². The molecule has 0 aromatic carbocycles. The van der Waals surface area contributed by atoms with E-state index in [0.717, 1.165) is 0 Å². The Labute approximate surface area is 223 Å². The summed E-state index contributed by atoms with van der Waals surface area (Å²) < 4.78 is 46.5. The van der Waals surface area contributed by atoms with E-state index >= 15 is 0 Å². The Balaban J connectivity index is 1.49. The second kappa shape index (κ2) is 8.91. The second-order valence-electron chi connectivity index (χ2n) is 11.0. The Morgan fingerprint density at radius 3 is 2.05 bits per heavy atom. The van der Waals surface area contributed by atoms with Gasteiger partial charge >= 0.3 is 19.9 Å². The van der Waals surface area contributed by atoms with Gasteiger partial charge < -0.3 is 23.8 Å². The lowest BCUT2D eigenvalue weighted by Crippen LogP contribution is -2.92. The number of methoxy groups -OCH3 is 2. The van der Waals surface area contributed by atoms with Crippen LogP contribution in [0.4, 0.5) is 9.59 Å². The van der Waals surface area contributed by atoms with Crippen molar-refractivity contribution in [3.8, 4) is 0 Å². The van der Waals surface area contributed by atoms with Crippen LogP contribution in [0.2, 0.25) is 0 Å². The first-order valence-corrected chi connectivity index (χ1v) is 14.1. The zero-order chi connectivity index (χ0) is 28.1. The number of urea groups is 2. The van der Waals surface area contributed by atoms with Crippen LogP contribution in [0.15, 0.2) is 0 Å². The Morgan fingerprint density at radius 1 is 0.949 bits per heavy atom. The van der Waals surface area contributed by atoms with E-state index in [0.29, 0.717) is 0 Å². The quantitative estimate of drug-likeness (QED) is 0.358. The molecule has 11 atom stereocenters. The number of fused-ring (bicyclic) bond motifs is 7. The van der Waals surface area contributed by atoms with Crippen molar-refractivity contribution in [1.82, 2.24) is 20.4 Å². The molecule has 5 saturated heterocycles. The van der Waals surface area contributed by atoms with Crippen LogP contribution in [-0.2, 0) is 42.1 Å². The smallest absolute Gasteiger partial charge is 0.382 e. The highest BCUT2D eigenvalue weighted by molar-refractivity contribution is 7.47. The summed E-state index contributed by atoms with van der Waals surface area (Å²) in [6.45, 7) is 2.73. The number of amides is 6. The normalized spacial score (nSPS) is 49.2. The molecule has 216 valence electrons. The summed E-state index contributed by atoms with van der Waals surface area (Å²) in [6.07, 6.45) is -5.36. The molecule has 0 spiro atoms. The number of nitrogens with zero attached hydrogens (tertiary/aromatic N) is 2. The Morgan fingerprint density at radius 2 is 1.51 bits per heavy atom. The van der Waals surface area contributed by atoms with Gasteiger partial charge in [-0.25, -0.2) is 14.2 Å². The largest absolute Gasteiger partial charge is 0.472 e. The number of carbonyl (C=O) groups is 4. The van der Waals surface area contributed by atoms with Crippen LogP contribution in [0.5, 0.6) is 0 Å². The van der Waals surface area contributed by atoms with Crippen molar-refractivity contribution < 1.29 is 56.6 Å². The predicted molar refractivity (Wildman–Crippen MR) is 124 cm³/mol. The van der Waals surface area contributed by atoms with Gasteiger partial charge in [-0.2, -0.15) is 0 Å². The highest BCUT2D eigenvalue weighted by Crippen LogP contribution is 2.64. The lowest BCUT2D eigenvalue weighted by atomic mass is 9.42. The molecule has 3 N–H and O–H groups in total. The van der Waals surface area contributed by atoms with Crippen LogP contribution in [0.1, 0.15) is 26.7 Å². The molecule has 4 bridgehead atoms. The van der Waals surface area contributed by atoms with E-state index in [1.54, 1.807) is 13.8 Å². The fraction of sp³-hybridized carbons (Fsp3) is 0.818.